The van der Waals surface area contributed by atoms with E-state index in [9.17, 15) is 13.2 Å². The van der Waals surface area contributed by atoms with Crippen LogP contribution in [0, 0.1) is 13.8 Å². The van der Waals surface area contributed by atoms with E-state index in [0.717, 1.165) is 0 Å². The van der Waals surface area contributed by atoms with Crippen LogP contribution in [0.15, 0.2) is 12.1 Å². The van der Waals surface area contributed by atoms with Crippen molar-refractivity contribution < 1.29 is 13.2 Å². The Morgan fingerprint density at radius 1 is 1.15 bits per heavy atom. The van der Waals surface area contributed by atoms with Crippen LogP contribution in [0.25, 0.3) is 0 Å². The number of hydrogen-bond donors (Lipinski definition) is 1. The molecular formula is C9H10F3N. The fourth-order valence-corrected chi connectivity index (χ4v) is 1.21. The molecule has 0 saturated carbocycles. The Labute approximate surface area is 74.4 Å². The van der Waals surface area contributed by atoms with Gasteiger partial charge in [0.2, 0.25) is 0 Å². The van der Waals surface area contributed by atoms with E-state index in [2.05, 4.69) is 0 Å². The normalized spacial score (nSPS) is 11.8. The van der Waals surface area contributed by atoms with E-state index in [0.29, 0.717) is 5.56 Å². The zero-order valence-corrected chi connectivity index (χ0v) is 7.37. The van der Waals surface area contributed by atoms with Crippen LogP contribution in [0.1, 0.15) is 16.7 Å². The minimum absolute atomic E-state index is 0.201. The van der Waals surface area contributed by atoms with Gasteiger partial charge >= 0.3 is 6.18 Å². The molecule has 0 atom stereocenters. The van der Waals surface area contributed by atoms with Crippen LogP contribution in [0.2, 0.25) is 0 Å². The van der Waals surface area contributed by atoms with E-state index in [1.54, 1.807) is 13.0 Å². The molecule has 0 aromatic heterocycles. The van der Waals surface area contributed by atoms with Crippen molar-refractivity contribution in [2.75, 3.05) is 5.73 Å². The molecule has 13 heavy (non-hydrogen) atoms. The van der Waals surface area contributed by atoms with Gasteiger partial charge in [-0.25, -0.2) is 0 Å². The zero-order chi connectivity index (χ0) is 10.2. The standard InChI is InChI=1S/C9H10F3N/c1-5-3-4-7(13)8(6(5)2)9(10,11)12/h3-4H,13H2,1-2H3. The molecule has 4 heteroatoms. The Hall–Kier alpha value is -1.19. The Balaban J connectivity index is 3.43. The molecule has 0 heterocycles. The molecule has 0 radical (unpaired) electrons. The van der Waals surface area contributed by atoms with Crippen molar-refractivity contribution in [3.05, 3.63) is 28.8 Å². The minimum atomic E-state index is -4.36. The van der Waals surface area contributed by atoms with E-state index in [1.165, 1.54) is 13.0 Å². The van der Waals surface area contributed by atoms with Crippen molar-refractivity contribution in [1.29, 1.82) is 0 Å². The first-order valence-electron chi connectivity index (χ1n) is 3.77. The quantitative estimate of drug-likeness (QED) is 0.624. The maximum atomic E-state index is 12.4. The lowest BCUT2D eigenvalue weighted by atomic mass is 10.0. The number of aryl methyl sites for hydroxylation is 1. The number of nitrogens with two attached hydrogens (primary N) is 1. The van der Waals surface area contributed by atoms with Crippen molar-refractivity contribution in [3.8, 4) is 0 Å². The molecule has 0 unspecified atom stereocenters. The minimum Gasteiger partial charge on any atom is -0.398 e. The second-order valence-electron chi connectivity index (χ2n) is 2.97. The number of nitrogen functional groups attached to an aromatic ring is 1. The molecule has 0 bridgehead atoms. The summed E-state index contributed by atoms with van der Waals surface area (Å²) in [6.07, 6.45) is -4.36. The Morgan fingerprint density at radius 3 is 2.08 bits per heavy atom. The molecule has 0 fully saturated rings. The van der Waals surface area contributed by atoms with E-state index in [1.807, 2.05) is 0 Å². The van der Waals surface area contributed by atoms with Crippen LogP contribution in [0.4, 0.5) is 18.9 Å². The molecule has 0 aliphatic carbocycles. The predicted molar refractivity (Wildman–Crippen MR) is 45.3 cm³/mol. The molecule has 0 aliphatic heterocycles. The summed E-state index contributed by atoms with van der Waals surface area (Å²) in [4.78, 5) is 0. The highest BCUT2D eigenvalue weighted by atomic mass is 19.4. The number of alkyl halides is 3. The molecule has 1 nitrogen and oxygen atoms in total. The van der Waals surface area contributed by atoms with Gasteiger partial charge < -0.3 is 5.73 Å². The summed E-state index contributed by atoms with van der Waals surface area (Å²) >= 11 is 0. The number of anilines is 1. The van der Waals surface area contributed by atoms with Crippen LogP contribution >= 0.6 is 0 Å². The lowest BCUT2D eigenvalue weighted by molar-refractivity contribution is -0.137. The third-order valence-corrected chi connectivity index (χ3v) is 2.05. The van der Waals surface area contributed by atoms with Gasteiger partial charge in [-0.1, -0.05) is 6.07 Å². The van der Waals surface area contributed by atoms with Crippen LogP contribution in [0.3, 0.4) is 0 Å². The molecular weight excluding hydrogens is 179 g/mol. The highest BCUT2D eigenvalue weighted by molar-refractivity contribution is 5.54. The van der Waals surface area contributed by atoms with E-state index >= 15 is 0 Å². The SMILES string of the molecule is Cc1ccc(N)c(C(F)(F)F)c1C. The molecule has 72 valence electrons. The van der Waals surface area contributed by atoms with Crippen LogP contribution < -0.4 is 5.73 Å². The van der Waals surface area contributed by atoms with Crippen molar-refractivity contribution in [2.24, 2.45) is 0 Å². The van der Waals surface area contributed by atoms with Gasteiger partial charge in [0.25, 0.3) is 0 Å². The Morgan fingerprint density at radius 2 is 1.69 bits per heavy atom. The number of benzene rings is 1. The maximum absolute atomic E-state index is 12.4. The van der Waals surface area contributed by atoms with E-state index in [-0.39, 0.29) is 11.3 Å². The largest absolute Gasteiger partial charge is 0.418 e. The average molecular weight is 189 g/mol. The highest BCUT2D eigenvalue weighted by Gasteiger charge is 2.34. The third-order valence-electron chi connectivity index (χ3n) is 2.05. The highest BCUT2D eigenvalue weighted by Crippen LogP contribution is 2.36. The molecule has 0 amide bonds. The van der Waals surface area contributed by atoms with Crippen molar-refractivity contribution in [2.45, 2.75) is 20.0 Å². The maximum Gasteiger partial charge on any atom is 0.418 e. The first-order chi connectivity index (χ1) is 5.84. The lowest BCUT2D eigenvalue weighted by Gasteiger charge is -2.14. The number of halogens is 3. The van der Waals surface area contributed by atoms with Gasteiger partial charge in [0.15, 0.2) is 0 Å². The molecule has 1 aromatic carbocycles. The molecule has 1 rings (SSSR count). The summed E-state index contributed by atoms with van der Waals surface area (Å²) in [6.45, 7) is 3.05. The van der Waals surface area contributed by atoms with E-state index in [4.69, 9.17) is 5.73 Å². The number of hydrogen-bond acceptors (Lipinski definition) is 1. The summed E-state index contributed by atoms with van der Waals surface area (Å²) in [5.41, 5.74) is 5.13. The van der Waals surface area contributed by atoms with Gasteiger partial charge in [0.05, 0.1) is 5.56 Å². The summed E-state index contributed by atoms with van der Waals surface area (Å²) in [5, 5.41) is 0. The molecule has 0 saturated heterocycles. The van der Waals surface area contributed by atoms with Crippen molar-refractivity contribution in [1.82, 2.24) is 0 Å². The summed E-state index contributed by atoms with van der Waals surface area (Å²) < 4.78 is 37.2. The van der Waals surface area contributed by atoms with Gasteiger partial charge in [-0.05, 0) is 31.0 Å². The molecule has 0 spiro atoms. The summed E-state index contributed by atoms with van der Waals surface area (Å²) in [7, 11) is 0. The fraction of sp³-hybridized carbons (Fsp3) is 0.333. The molecule has 2 N–H and O–H groups in total. The second-order valence-corrected chi connectivity index (χ2v) is 2.97. The smallest absolute Gasteiger partial charge is 0.398 e. The zero-order valence-electron chi connectivity index (χ0n) is 7.37. The molecule has 0 aliphatic rings. The van der Waals surface area contributed by atoms with Crippen LogP contribution in [0.5, 0.6) is 0 Å². The Bertz CT molecular complexity index is 328. The van der Waals surface area contributed by atoms with Gasteiger partial charge in [0.1, 0.15) is 0 Å². The summed E-state index contributed by atoms with van der Waals surface area (Å²) in [5.74, 6) is 0. The first kappa shape index (κ1) is 9.89. The van der Waals surface area contributed by atoms with Crippen molar-refractivity contribution >= 4 is 5.69 Å². The van der Waals surface area contributed by atoms with Gasteiger partial charge in [-0.3, -0.25) is 0 Å². The number of rotatable bonds is 0. The monoisotopic (exact) mass is 189 g/mol. The van der Waals surface area contributed by atoms with Crippen molar-refractivity contribution in [3.63, 3.8) is 0 Å². The van der Waals surface area contributed by atoms with Crippen LogP contribution in [-0.2, 0) is 6.18 Å². The predicted octanol–water partition coefficient (Wildman–Crippen LogP) is 2.90. The Kier molecular flexibility index (Phi) is 2.24. The first-order valence-corrected chi connectivity index (χ1v) is 3.77. The second kappa shape index (κ2) is 2.94. The summed E-state index contributed by atoms with van der Waals surface area (Å²) in [6, 6.07) is 2.87. The fourth-order valence-electron chi connectivity index (χ4n) is 1.21. The molecule has 1 aromatic rings. The van der Waals surface area contributed by atoms with Gasteiger partial charge in [0, 0.05) is 5.69 Å². The topological polar surface area (TPSA) is 26.0 Å². The lowest BCUT2D eigenvalue weighted by Crippen LogP contribution is -2.11. The van der Waals surface area contributed by atoms with Gasteiger partial charge in [-0.15, -0.1) is 0 Å². The van der Waals surface area contributed by atoms with E-state index < -0.39 is 11.7 Å². The average Bonchev–Trinajstić information content (AvgIpc) is 1.95. The van der Waals surface area contributed by atoms with Crippen LogP contribution in [-0.4, -0.2) is 0 Å². The van der Waals surface area contributed by atoms with Gasteiger partial charge in [-0.2, -0.15) is 13.2 Å². The third kappa shape index (κ3) is 1.76.